The average molecular weight is 244 g/mol. The highest BCUT2D eigenvalue weighted by atomic mass is 32.1. The van der Waals surface area contributed by atoms with E-state index in [1.54, 1.807) is 17.5 Å². The molecule has 0 aliphatic heterocycles. The lowest BCUT2D eigenvalue weighted by atomic mass is 10.1. The Hall–Kier alpha value is -1.65. The molecule has 86 valence electrons. The van der Waals surface area contributed by atoms with Crippen LogP contribution in [0.1, 0.15) is 4.88 Å². The van der Waals surface area contributed by atoms with E-state index < -0.39 is 0 Å². The Kier molecular flexibility index (Phi) is 2.66. The summed E-state index contributed by atoms with van der Waals surface area (Å²) >= 11 is 1.64. The molecule has 0 aliphatic rings. The number of nitrogens with zero attached hydrogens (tertiary/aromatic N) is 2. The SMILES string of the molecule is OCCc1sc2nccn2c1-c1ccccc1. The first-order chi connectivity index (χ1) is 8.40. The van der Waals surface area contributed by atoms with Crippen molar-refractivity contribution < 1.29 is 5.11 Å². The minimum Gasteiger partial charge on any atom is -0.396 e. The van der Waals surface area contributed by atoms with Gasteiger partial charge in [-0.25, -0.2) is 4.98 Å². The van der Waals surface area contributed by atoms with Crippen LogP contribution in [-0.2, 0) is 6.42 Å². The maximum absolute atomic E-state index is 9.13. The Morgan fingerprint density at radius 1 is 1.24 bits per heavy atom. The summed E-state index contributed by atoms with van der Waals surface area (Å²) in [6, 6.07) is 10.2. The van der Waals surface area contributed by atoms with E-state index in [-0.39, 0.29) is 6.61 Å². The van der Waals surface area contributed by atoms with Crippen LogP contribution in [0.5, 0.6) is 0 Å². The Morgan fingerprint density at radius 2 is 2.06 bits per heavy atom. The zero-order valence-electron chi connectivity index (χ0n) is 9.21. The number of benzene rings is 1. The van der Waals surface area contributed by atoms with E-state index in [0.29, 0.717) is 6.42 Å². The molecule has 0 aliphatic carbocycles. The number of hydrogen-bond acceptors (Lipinski definition) is 3. The normalized spacial score (nSPS) is 11.1. The molecule has 2 aromatic heterocycles. The van der Waals surface area contributed by atoms with Crippen molar-refractivity contribution >= 4 is 16.3 Å². The van der Waals surface area contributed by atoms with Gasteiger partial charge in [-0.2, -0.15) is 0 Å². The highest BCUT2D eigenvalue weighted by Gasteiger charge is 2.13. The molecule has 4 heteroatoms. The van der Waals surface area contributed by atoms with Crippen molar-refractivity contribution in [1.29, 1.82) is 0 Å². The Bertz CT molecular complexity index is 627. The summed E-state index contributed by atoms with van der Waals surface area (Å²) in [6.45, 7) is 0.170. The van der Waals surface area contributed by atoms with Gasteiger partial charge in [0.2, 0.25) is 0 Å². The van der Waals surface area contributed by atoms with Gasteiger partial charge in [0.15, 0.2) is 4.96 Å². The van der Waals surface area contributed by atoms with E-state index in [1.807, 2.05) is 24.4 Å². The third-order valence-electron chi connectivity index (χ3n) is 2.71. The Balaban J connectivity index is 2.24. The summed E-state index contributed by atoms with van der Waals surface area (Å²) in [5, 5.41) is 9.13. The first kappa shape index (κ1) is 10.5. The Morgan fingerprint density at radius 3 is 2.82 bits per heavy atom. The van der Waals surface area contributed by atoms with Gasteiger partial charge >= 0.3 is 0 Å². The lowest BCUT2D eigenvalue weighted by Crippen LogP contribution is -1.92. The summed E-state index contributed by atoms with van der Waals surface area (Å²) in [4.78, 5) is 6.47. The molecule has 0 atom stereocenters. The molecule has 2 heterocycles. The maximum atomic E-state index is 9.13. The summed E-state index contributed by atoms with van der Waals surface area (Å²) in [5.41, 5.74) is 2.32. The summed E-state index contributed by atoms with van der Waals surface area (Å²) in [7, 11) is 0. The third kappa shape index (κ3) is 1.75. The van der Waals surface area contributed by atoms with E-state index in [0.717, 1.165) is 10.7 Å². The fraction of sp³-hybridized carbons (Fsp3) is 0.154. The molecular weight excluding hydrogens is 232 g/mol. The molecule has 0 amide bonds. The van der Waals surface area contributed by atoms with Crippen molar-refractivity contribution in [3.8, 4) is 11.3 Å². The van der Waals surface area contributed by atoms with Crippen molar-refractivity contribution in [3.05, 3.63) is 47.6 Å². The number of rotatable bonds is 3. The van der Waals surface area contributed by atoms with E-state index in [4.69, 9.17) is 5.11 Å². The van der Waals surface area contributed by atoms with Crippen LogP contribution < -0.4 is 0 Å². The van der Waals surface area contributed by atoms with Gasteiger partial charge in [0.1, 0.15) is 0 Å². The summed E-state index contributed by atoms with van der Waals surface area (Å²) in [5.74, 6) is 0. The molecule has 17 heavy (non-hydrogen) atoms. The smallest absolute Gasteiger partial charge is 0.194 e. The van der Waals surface area contributed by atoms with Crippen molar-refractivity contribution in [1.82, 2.24) is 9.38 Å². The minimum atomic E-state index is 0.170. The van der Waals surface area contributed by atoms with Crippen LogP contribution >= 0.6 is 11.3 Å². The molecule has 3 rings (SSSR count). The second-order valence-corrected chi connectivity index (χ2v) is 4.86. The van der Waals surface area contributed by atoms with Gasteiger partial charge in [-0.05, 0) is 5.56 Å². The largest absolute Gasteiger partial charge is 0.396 e. The molecule has 3 nitrogen and oxygen atoms in total. The number of aromatic nitrogens is 2. The zero-order chi connectivity index (χ0) is 11.7. The van der Waals surface area contributed by atoms with E-state index in [9.17, 15) is 0 Å². The minimum absolute atomic E-state index is 0.170. The van der Waals surface area contributed by atoms with Crippen molar-refractivity contribution in [2.75, 3.05) is 6.61 Å². The number of aliphatic hydroxyl groups excluding tert-OH is 1. The van der Waals surface area contributed by atoms with Crippen molar-refractivity contribution in [3.63, 3.8) is 0 Å². The van der Waals surface area contributed by atoms with Crippen LogP contribution in [0.25, 0.3) is 16.2 Å². The lowest BCUT2D eigenvalue weighted by Gasteiger charge is -2.03. The van der Waals surface area contributed by atoms with Gasteiger partial charge < -0.3 is 5.11 Å². The monoisotopic (exact) mass is 244 g/mol. The molecule has 0 saturated heterocycles. The summed E-state index contributed by atoms with van der Waals surface area (Å²) in [6.07, 6.45) is 4.45. The molecule has 3 aromatic rings. The van der Waals surface area contributed by atoms with Crippen molar-refractivity contribution in [2.45, 2.75) is 6.42 Å². The van der Waals surface area contributed by atoms with Gasteiger partial charge in [0.25, 0.3) is 0 Å². The maximum Gasteiger partial charge on any atom is 0.194 e. The summed E-state index contributed by atoms with van der Waals surface area (Å²) < 4.78 is 2.09. The molecule has 1 N–H and O–H groups in total. The number of imidazole rings is 1. The predicted octanol–water partition coefficient (Wildman–Crippen LogP) is 2.60. The predicted molar refractivity (Wildman–Crippen MR) is 69.3 cm³/mol. The quantitative estimate of drug-likeness (QED) is 0.769. The molecule has 0 fully saturated rings. The second kappa shape index (κ2) is 4.31. The van der Waals surface area contributed by atoms with E-state index in [2.05, 4.69) is 21.5 Å². The van der Waals surface area contributed by atoms with Crippen LogP contribution in [0.2, 0.25) is 0 Å². The van der Waals surface area contributed by atoms with Gasteiger partial charge in [0.05, 0.1) is 5.69 Å². The molecule has 0 radical (unpaired) electrons. The highest BCUT2D eigenvalue weighted by molar-refractivity contribution is 7.17. The second-order valence-electron chi connectivity index (χ2n) is 3.79. The van der Waals surface area contributed by atoms with Crippen LogP contribution in [0.3, 0.4) is 0 Å². The van der Waals surface area contributed by atoms with E-state index >= 15 is 0 Å². The third-order valence-corrected chi connectivity index (χ3v) is 3.84. The van der Waals surface area contributed by atoms with Crippen LogP contribution in [0.4, 0.5) is 0 Å². The number of fused-ring (bicyclic) bond motifs is 1. The van der Waals surface area contributed by atoms with Crippen LogP contribution in [0.15, 0.2) is 42.7 Å². The first-order valence-corrected chi connectivity index (χ1v) is 6.33. The fourth-order valence-corrected chi connectivity index (χ4v) is 3.09. The number of thiazole rings is 1. The molecule has 0 saturated carbocycles. The topological polar surface area (TPSA) is 37.5 Å². The van der Waals surface area contributed by atoms with Crippen LogP contribution in [0, 0.1) is 0 Å². The van der Waals surface area contributed by atoms with Gasteiger partial charge in [-0.3, -0.25) is 4.40 Å². The van der Waals surface area contributed by atoms with Gasteiger partial charge in [-0.1, -0.05) is 30.3 Å². The Labute approximate surface area is 103 Å². The number of hydrogen-bond donors (Lipinski definition) is 1. The van der Waals surface area contributed by atoms with Crippen LogP contribution in [-0.4, -0.2) is 21.1 Å². The molecule has 1 aromatic carbocycles. The van der Waals surface area contributed by atoms with Gasteiger partial charge in [-0.15, -0.1) is 11.3 Å². The van der Waals surface area contributed by atoms with Gasteiger partial charge in [0, 0.05) is 30.3 Å². The first-order valence-electron chi connectivity index (χ1n) is 5.51. The molecular formula is C13H12N2OS. The zero-order valence-corrected chi connectivity index (χ0v) is 10.0. The lowest BCUT2D eigenvalue weighted by molar-refractivity contribution is 0.300. The van der Waals surface area contributed by atoms with Crippen molar-refractivity contribution in [2.24, 2.45) is 0 Å². The highest BCUT2D eigenvalue weighted by Crippen LogP contribution is 2.31. The molecule has 0 spiro atoms. The standard InChI is InChI=1S/C13H12N2OS/c16-9-6-11-12(10-4-2-1-3-5-10)15-8-7-14-13(15)17-11/h1-5,7-8,16H,6,9H2. The average Bonchev–Trinajstić information content (AvgIpc) is 2.90. The number of aliphatic hydroxyl groups is 1. The molecule has 0 bridgehead atoms. The van der Waals surface area contributed by atoms with E-state index in [1.165, 1.54) is 10.4 Å². The molecule has 0 unspecified atom stereocenters. The fourth-order valence-electron chi connectivity index (χ4n) is 2.00.